The predicted octanol–water partition coefficient (Wildman–Crippen LogP) is -2.33. The van der Waals surface area contributed by atoms with E-state index < -0.39 is 29.3 Å². The molecular formula is CH4B4O7. The minimum Gasteiger partial charge on any atom is -0.403 e. The highest BCUT2D eigenvalue weighted by Crippen LogP contribution is 2.15. The molecule has 11 heteroatoms. The second-order valence-electron chi connectivity index (χ2n) is 2.09. The van der Waals surface area contributed by atoms with Crippen LogP contribution in [0.25, 0.3) is 0 Å². The molecule has 0 amide bonds. The molecule has 0 radical (unpaired) electrons. The normalized spacial score (nSPS) is 23.5. The second kappa shape index (κ2) is 3.38. The Balaban J connectivity index is 1.96. The van der Waals surface area contributed by atoms with Gasteiger partial charge in [0.15, 0.2) is 0 Å². The molecule has 0 saturated carbocycles. The Kier molecular flexibility index (Phi) is 2.42. The van der Waals surface area contributed by atoms with Gasteiger partial charge in [0.25, 0.3) is 0 Å². The van der Waals surface area contributed by atoms with Gasteiger partial charge >= 0.3 is 29.3 Å². The molecule has 0 aliphatic carbocycles. The fraction of sp³-hybridized carbons (Fsp3) is 1.00. The van der Waals surface area contributed by atoms with E-state index in [1.807, 2.05) is 0 Å². The van der Waals surface area contributed by atoms with Gasteiger partial charge in [0.1, 0.15) is 0 Å². The standard InChI is InChI=1S/CH4B4O7/c1-7-3-10-4-8-2(6)9-5(11-3)12-4/h6H,1H3. The molecule has 0 aromatic carbocycles. The van der Waals surface area contributed by atoms with Crippen molar-refractivity contribution in [1.29, 1.82) is 0 Å². The van der Waals surface area contributed by atoms with E-state index in [0.29, 0.717) is 0 Å². The lowest BCUT2D eigenvalue weighted by atomic mass is 9.90. The van der Waals surface area contributed by atoms with E-state index in [-0.39, 0.29) is 0 Å². The van der Waals surface area contributed by atoms with Gasteiger partial charge in [-0.05, 0) is 0 Å². The summed E-state index contributed by atoms with van der Waals surface area (Å²) in [4.78, 5) is 0. The van der Waals surface area contributed by atoms with E-state index in [4.69, 9.17) is 23.4 Å². The molecule has 2 heterocycles. The average molecular weight is 171 g/mol. The molecule has 0 spiro atoms. The Morgan fingerprint density at radius 3 is 2.08 bits per heavy atom. The van der Waals surface area contributed by atoms with E-state index in [1.165, 1.54) is 7.11 Å². The van der Waals surface area contributed by atoms with Crippen LogP contribution in [0, 0.1) is 0 Å². The molecule has 0 aromatic rings. The van der Waals surface area contributed by atoms with E-state index in [2.05, 4.69) is 9.14 Å². The summed E-state index contributed by atoms with van der Waals surface area (Å²) in [5, 5.41) is 8.85. The van der Waals surface area contributed by atoms with Crippen molar-refractivity contribution in [2.75, 3.05) is 7.11 Å². The van der Waals surface area contributed by atoms with Crippen LogP contribution >= 0.6 is 0 Å². The lowest BCUT2D eigenvalue weighted by Gasteiger charge is -2.32. The van der Waals surface area contributed by atoms with Crippen molar-refractivity contribution in [1.82, 2.24) is 0 Å². The molecule has 2 aliphatic rings. The zero-order valence-electron chi connectivity index (χ0n) is 6.21. The number of hydrogen-bond donors (Lipinski definition) is 1. The van der Waals surface area contributed by atoms with Crippen molar-refractivity contribution in [3.8, 4) is 0 Å². The first-order chi connectivity index (χ1) is 5.78. The van der Waals surface area contributed by atoms with Gasteiger partial charge in [0.2, 0.25) is 0 Å². The average Bonchev–Trinajstić information content (AvgIpc) is 2.02. The van der Waals surface area contributed by atoms with Crippen LogP contribution in [0.2, 0.25) is 0 Å². The fourth-order valence-electron chi connectivity index (χ4n) is 0.830. The molecule has 0 unspecified atom stereocenters. The zero-order chi connectivity index (χ0) is 8.55. The number of fused-ring (bicyclic) bond motifs is 2. The van der Waals surface area contributed by atoms with Gasteiger partial charge in [-0.25, -0.2) is 0 Å². The SMILES string of the molecule is COB1OB2OB(O)OB(O1)O2. The third-order valence-electron chi connectivity index (χ3n) is 1.31. The molecule has 2 saturated heterocycles. The maximum absolute atomic E-state index is 8.85. The molecule has 2 bridgehead atoms. The minimum atomic E-state index is -1.40. The highest BCUT2D eigenvalue weighted by Gasteiger charge is 2.53. The van der Waals surface area contributed by atoms with Crippen LogP contribution in [0.4, 0.5) is 0 Å². The fourth-order valence-corrected chi connectivity index (χ4v) is 0.830. The number of rotatable bonds is 1. The zero-order valence-corrected chi connectivity index (χ0v) is 6.21. The summed E-state index contributed by atoms with van der Waals surface area (Å²) in [6, 6.07) is 0. The third-order valence-corrected chi connectivity index (χ3v) is 1.31. The van der Waals surface area contributed by atoms with Crippen LogP contribution in [0.5, 0.6) is 0 Å². The number of hydrogen-bond acceptors (Lipinski definition) is 7. The Hall–Kier alpha value is -0.0203. The quantitative estimate of drug-likeness (QED) is 0.444. The summed E-state index contributed by atoms with van der Waals surface area (Å²) in [7, 11) is -2.94. The summed E-state index contributed by atoms with van der Waals surface area (Å²) in [6.07, 6.45) is 0. The maximum Gasteiger partial charge on any atom is 0.615 e. The maximum atomic E-state index is 8.85. The Bertz CT molecular complexity index is 147. The van der Waals surface area contributed by atoms with Crippen LogP contribution in [-0.2, 0) is 27.5 Å². The topological polar surface area (TPSA) is 75.6 Å². The van der Waals surface area contributed by atoms with Crippen LogP contribution in [-0.4, -0.2) is 41.4 Å². The third kappa shape index (κ3) is 1.67. The molecule has 2 fully saturated rings. The van der Waals surface area contributed by atoms with Gasteiger partial charge in [-0.1, -0.05) is 0 Å². The molecule has 2 aliphatic heterocycles. The van der Waals surface area contributed by atoms with Gasteiger partial charge in [0.05, 0.1) is 0 Å². The first kappa shape index (κ1) is 8.57. The summed E-state index contributed by atoms with van der Waals surface area (Å²) < 4.78 is 28.4. The van der Waals surface area contributed by atoms with Gasteiger partial charge < -0.3 is 32.5 Å². The summed E-state index contributed by atoms with van der Waals surface area (Å²) in [6.45, 7) is 0. The lowest BCUT2D eigenvalue weighted by molar-refractivity contribution is 0.0754. The monoisotopic (exact) mass is 172 g/mol. The van der Waals surface area contributed by atoms with Crippen molar-refractivity contribution in [3.63, 3.8) is 0 Å². The van der Waals surface area contributed by atoms with E-state index in [0.717, 1.165) is 0 Å². The molecule has 0 atom stereocenters. The Morgan fingerprint density at radius 2 is 1.58 bits per heavy atom. The summed E-state index contributed by atoms with van der Waals surface area (Å²) in [5.41, 5.74) is 0. The van der Waals surface area contributed by atoms with Crippen molar-refractivity contribution in [3.05, 3.63) is 0 Å². The lowest BCUT2D eigenvalue weighted by Crippen LogP contribution is -2.60. The smallest absolute Gasteiger partial charge is 0.403 e. The van der Waals surface area contributed by atoms with Gasteiger partial charge in [0, 0.05) is 7.11 Å². The largest absolute Gasteiger partial charge is 0.615 e. The molecule has 2 rings (SSSR count). The van der Waals surface area contributed by atoms with Crippen LogP contribution in [0.3, 0.4) is 0 Å². The van der Waals surface area contributed by atoms with Gasteiger partial charge in [-0.15, -0.1) is 0 Å². The van der Waals surface area contributed by atoms with Crippen LogP contribution in [0.15, 0.2) is 0 Å². The summed E-state index contributed by atoms with van der Waals surface area (Å²) in [5.74, 6) is 0. The van der Waals surface area contributed by atoms with Crippen molar-refractivity contribution < 1.29 is 32.5 Å². The molecule has 0 aromatic heterocycles. The van der Waals surface area contributed by atoms with Crippen molar-refractivity contribution in [2.24, 2.45) is 0 Å². The van der Waals surface area contributed by atoms with Gasteiger partial charge in [-0.3, -0.25) is 0 Å². The molecule has 7 nitrogen and oxygen atoms in total. The van der Waals surface area contributed by atoms with Crippen molar-refractivity contribution >= 4 is 29.3 Å². The molecule has 1 N–H and O–H groups in total. The summed E-state index contributed by atoms with van der Waals surface area (Å²) >= 11 is 0. The highest BCUT2D eigenvalue weighted by atomic mass is 16.9. The molecule has 62 valence electrons. The van der Waals surface area contributed by atoms with E-state index >= 15 is 0 Å². The van der Waals surface area contributed by atoms with Crippen LogP contribution in [0.1, 0.15) is 0 Å². The van der Waals surface area contributed by atoms with E-state index in [9.17, 15) is 0 Å². The Labute approximate surface area is 69.9 Å². The van der Waals surface area contributed by atoms with Gasteiger partial charge in [-0.2, -0.15) is 0 Å². The van der Waals surface area contributed by atoms with Crippen molar-refractivity contribution in [2.45, 2.75) is 0 Å². The first-order valence-electron chi connectivity index (χ1n) is 3.26. The molecule has 12 heavy (non-hydrogen) atoms. The predicted molar refractivity (Wildman–Crippen MR) is 37.7 cm³/mol. The highest BCUT2D eigenvalue weighted by molar-refractivity contribution is 6.74. The second-order valence-corrected chi connectivity index (χ2v) is 2.09. The molecular weight excluding hydrogens is 167 g/mol. The first-order valence-corrected chi connectivity index (χ1v) is 3.26. The Morgan fingerprint density at radius 1 is 1.00 bits per heavy atom. The minimum absolute atomic E-state index is 0.902. The van der Waals surface area contributed by atoms with Crippen LogP contribution < -0.4 is 0 Å². The van der Waals surface area contributed by atoms with E-state index in [1.54, 1.807) is 0 Å².